The summed E-state index contributed by atoms with van der Waals surface area (Å²) in [6.07, 6.45) is 0. The van der Waals surface area contributed by atoms with E-state index in [2.05, 4.69) is 24.8 Å². The first kappa shape index (κ1) is 39.5. The SMILES string of the molecule is CC(C)=O.CNC(C)=O.CNC(C)=O.COC.COC(C)=O.COC(C)=O. The molecule has 0 aromatic heterocycles. The van der Waals surface area contributed by atoms with Gasteiger partial charge in [-0.15, -0.1) is 0 Å². The number of Topliss-reactive ketones (excluding diaryl/α,β-unsaturated/α-hetero) is 1. The maximum absolute atomic E-state index is 9.70. The van der Waals surface area contributed by atoms with Gasteiger partial charge in [0, 0.05) is 56.0 Å². The van der Waals surface area contributed by atoms with Crippen LogP contribution in [0.5, 0.6) is 0 Å². The van der Waals surface area contributed by atoms with Crippen LogP contribution in [0.1, 0.15) is 41.5 Å². The number of hydrogen-bond donors (Lipinski definition) is 2. The van der Waals surface area contributed by atoms with E-state index in [0.717, 1.165) is 0 Å². The monoisotopic (exact) mass is 398 g/mol. The molecule has 0 aromatic carbocycles. The molecule has 0 spiro atoms. The zero-order valence-electron chi connectivity index (χ0n) is 18.8. The molecule has 2 N–H and O–H groups in total. The van der Waals surface area contributed by atoms with Crippen LogP contribution in [0, 0.1) is 0 Å². The minimum atomic E-state index is -0.245. The molecule has 0 saturated heterocycles. The van der Waals surface area contributed by atoms with Gasteiger partial charge in [0.05, 0.1) is 14.2 Å². The van der Waals surface area contributed by atoms with E-state index >= 15 is 0 Å². The normalized spacial score (nSPS) is 6.67. The number of ketones is 1. The van der Waals surface area contributed by atoms with E-state index in [0.29, 0.717) is 0 Å². The summed E-state index contributed by atoms with van der Waals surface area (Å²) in [6, 6.07) is 0. The summed E-state index contributed by atoms with van der Waals surface area (Å²) >= 11 is 0. The molecule has 0 saturated carbocycles. The Balaban J connectivity index is -0.0000000494. The second-order valence-electron chi connectivity index (χ2n) is 4.32. The highest BCUT2D eigenvalue weighted by Gasteiger charge is 1.76. The molecule has 0 radical (unpaired) electrons. The minimum absolute atomic E-state index is 0.00463. The van der Waals surface area contributed by atoms with Gasteiger partial charge >= 0.3 is 11.9 Å². The fraction of sp³-hybridized carbons (Fsp3) is 0.706. The van der Waals surface area contributed by atoms with Crippen molar-refractivity contribution in [3.8, 4) is 0 Å². The highest BCUT2D eigenvalue weighted by Crippen LogP contribution is 1.60. The quantitative estimate of drug-likeness (QED) is 0.570. The van der Waals surface area contributed by atoms with Crippen molar-refractivity contribution in [1.29, 1.82) is 0 Å². The number of carbonyl (C=O) groups is 5. The molecule has 0 aliphatic carbocycles. The highest BCUT2D eigenvalue weighted by atomic mass is 16.5. The Morgan fingerprint density at radius 1 is 0.556 bits per heavy atom. The average molecular weight is 398 g/mol. The third-order valence-corrected chi connectivity index (χ3v) is 1.28. The van der Waals surface area contributed by atoms with Gasteiger partial charge in [0.2, 0.25) is 11.8 Å². The molecule has 0 fully saturated rings. The van der Waals surface area contributed by atoms with Crippen molar-refractivity contribution < 1.29 is 38.2 Å². The lowest BCUT2D eigenvalue weighted by molar-refractivity contribution is -0.138. The van der Waals surface area contributed by atoms with Crippen LogP contribution in [-0.2, 0) is 38.2 Å². The molecule has 0 bridgehead atoms. The third-order valence-electron chi connectivity index (χ3n) is 1.28. The van der Waals surface area contributed by atoms with E-state index in [1.54, 1.807) is 28.3 Å². The van der Waals surface area contributed by atoms with Crippen LogP contribution in [0.3, 0.4) is 0 Å². The minimum Gasteiger partial charge on any atom is -0.469 e. The molecule has 0 aliphatic heterocycles. The molecule has 10 nitrogen and oxygen atoms in total. The predicted octanol–water partition coefficient (Wildman–Crippen LogP) is 0.721. The Bertz CT molecular complexity index is 312. The number of rotatable bonds is 0. The highest BCUT2D eigenvalue weighted by molar-refractivity contribution is 5.72. The number of ether oxygens (including phenoxy) is 3. The first-order valence-electron chi connectivity index (χ1n) is 7.56. The van der Waals surface area contributed by atoms with Crippen LogP contribution < -0.4 is 10.6 Å². The Morgan fingerprint density at radius 3 is 0.630 bits per heavy atom. The van der Waals surface area contributed by atoms with E-state index in [1.807, 2.05) is 0 Å². The maximum atomic E-state index is 9.70. The van der Waals surface area contributed by atoms with Gasteiger partial charge in [-0.2, -0.15) is 0 Å². The Kier molecular flexibility index (Phi) is 56.9. The fourth-order valence-electron chi connectivity index (χ4n) is 0. The van der Waals surface area contributed by atoms with Crippen molar-refractivity contribution in [2.45, 2.75) is 41.5 Å². The van der Waals surface area contributed by atoms with Crippen LogP contribution in [0.25, 0.3) is 0 Å². The summed E-state index contributed by atoms with van der Waals surface area (Å²) in [6.45, 7) is 8.72. The van der Waals surface area contributed by atoms with Gasteiger partial charge in [0.25, 0.3) is 0 Å². The lowest BCUT2D eigenvalue weighted by Gasteiger charge is -1.80. The third kappa shape index (κ3) is 358. The zero-order valence-corrected chi connectivity index (χ0v) is 18.8. The number of amides is 2. The summed E-state index contributed by atoms with van der Waals surface area (Å²) < 4.78 is 12.5. The summed E-state index contributed by atoms with van der Waals surface area (Å²) in [5, 5.41) is 4.78. The van der Waals surface area contributed by atoms with Gasteiger partial charge in [-0.25, -0.2) is 0 Å². The van der Waals surface area contributed by atoms with Gasteiger partial charge in [0.15, 0.2) is 0 Å². The lowest BCUT2D eigenvalue weighted by Crippen LogP contribution is -2.11. The van der Waals surface area contributed by atoms with Crippen LogP contribution in [0.15, 0.2) is 0 Å². The largest absolute Gasteiger partial charge is 0.469 e. The van der Waals surface area contributed by atoms with Gasteiger partial charge in [-0.1, -0.05) is 0 Å². The van der Waals surface area contributed by atoms with Crippen LogP contribution in [-0.4, -0.2) is 72.1 Å². The second kappa shape index (κ2) is 38.9. The van der Waals surface area contributed by atoms with Crippen molar-refractivity contribution in [2.24, 2.45) is 0 Å². The van der Waals surface area contributed by atoms with Crippen LogP contribution in [0.4, 0.5) is 0 Å². The van der Waals surface area contributed by atoms with Crippen molar-refractivity contribution in [1.82, 2.24) is 10.6 Å². The van der Waals surface area contributed by atoms with Crippen molar-refractivity contribution in [3.63, 3.8) is 0 Å². The van der Waals surface area contributed by atoms with Gasteiger partial charge in [0.1, 0.15) is 5.78 Å². The average Bonchev–Trinajstić information content (AvgIpc) is 2.56. The number of nitrogens with one attached hydrogen (secondary N) is 2. The zero-order chi connectivity index (χ0) is 23.4. The van der Waals surface area contributed by atoms with Gasteiger partial charge in [-0.3, -0.25) is 19.2 Å². The summed E-state index contributed by atoms with van der Waals surface area (Å²) in [5.74, 6) is -0.315. The van der Waals surface area contributed by atoms with Crippen LogP contribution >= 0.6 is 0 Å². The summed E-state index contributed by atoms with van der Waals surface area (Å²) in [4.78, 5) is 48.0. The van der Waals surface area contributed by atoms with Gasteiger partial charge in [-0.05, 0) is 13.8 Å². The molecule has 0 aliphatic rings. The van der Waals surface area contributed by atoms with E-state index in [9.17, 15) is 24.0 Å². The second-order valence-corrected chi connectivity index (χ2v) is 4.32. The number of methoxy groups -OCH3 is 3. The van der Waals surface area contributed by atoms with E-state index in [-0.39, 0.29) is 29.5 Å². The summed E-state index contributed by atoms with van der Waals surface area (Å²) in [7, 11) is 9.15. The van der Waals surface area contributed by atoms with E-state index in [1.165, 1.54) is 55.8 Å². The van der Waals surface area contributed by atoms with Crippen LogP contribution in [0.2, 0.25) is 0 Å². The molecule has 0 rings (SSSR count). The van der Waals surface area contributed by atoms with Crippen molar-refractivity contribution >= 4 is 29.5 Å². The molecule has 164 valence electrons. The van der Waals surface area contributed by atoms with E-state index < -0.39 is 0 Å². The van der Waals surface area contributed by atoms with Crippen molar-refractivity contribution in [2.75, 3.05) is 42.5 Å². The molecule has 0 unspecified atom stereocenters. The standard InChI is InChI=1S/2C3H7NO.2C3H6O2.C3H6O.C2H6O/c2*1-3(5)4-2;2*1-3(4)5-2;1-3(2)4;1-3-2/h2*1-2H3,(H,4,5);2*1-2H3;1-2H3;1-2H3. The molecule has 2 amide bonds. The lowest BCUT2D eigenvalue weighted by atomic mass is 10.6. The molecule has 0 heterocycles. The number of esters is 2. The molecule has 27 heavy (non-hydrogen) atoms. The molecule has 10 heteroatoms. The fourth-order valence-corrected chi connectivity index (χ4v) is 0. The van der Waals surface area contributed by atoms with Gasteiger partial charge < -0.3 is 29.6 Å². The molecule has 0 atom stereocenters. The van der Waals surface area contributed by atoms with E-state index in [4.69, 9.17) is 0 Å². The molecular formula is C17H38N2O8. The Morgan fingerprint density at radius 2 is 0.630 bits per heavy atom. The Hall–Kier alpha value is -2.49. The predicted molar refractivity (Wildman–Crippen MR) is 104 cm³/mol. The summed E-state index contributed by atoms with van der Waals surface area (Å²) in [5.41, 5.74) is 0. The first-order valence-corrected chi connectivity index (χ1v) is 7.56. The number of hydrogen-bond acceptors (Lipinski definition) is 8. The van der Waals surface area contributed by atoms with Crippen molar-refractivity contribution in [3.05, 3.63) is 0 Å². The maximum Gasteiger partial charge on any atom is 0.302 e. The number of carbonyl (C=O) groups excluding carboxylic acids is 5. The first-order chi connectivity index (χ1) is 12.2. The Labute approximate surface area is 163 Å². The smallest absolute Gasteiger partial charge is 0.302 e. The molecular weight excluding hydrogens is 360 g/mol. The topological polar surface area (TPSA) is 137 Å². The molecule has 0 aromatic rings.